The smallest absolute Gasteiger partial charge is 0.224 e. The molecule has 1 unspecified atom stereocenters. The van der Waals surface area contributed by atoms with Gasteiger partial charge in [0.05, 0.1) is 5.02 Å². The number of anilines is 1. The van der Waals surface area contributed by atoms with Crippen molar-refractivity contribution in [2.75, 3.05) is 18.4 Å². The van der Waals surface area contributed by atoms with Crippen molar-refractivity contribution < 1.29 is 9.18 Å². The third-order valence-corrected chi connectivity index (χ3v) is 3.45. The summed E-state index contributed by atoms with van der Waals surface area (Å²) in [6, 6.07) is 4.27. The molecule has 1 aliphatic rings. The van der Waals surface area contributed by atoms with Gasteiger partial charge in [0.15, 0.2) is 0 Å². The molecule has 1 heterocycles. The monoisotopic (exact) mass is 270 g/mol. The van der Waals surface area contributed by atoms with Crippen LogP contribution >= 0.6 is 11.6 Å². The molecule has 0 aliphatic carbocycles. The van der Waals surface area contributed by atoms with Gasteiger partial charge in [0.1, 0.15) is 5.82 Å². The Balaban J connectivity index is 1.80. The van der Waals surface area contributed by atoms with Crippen molar-refractivity contribution in [1.29, 1.82) is 0 Å². The fraction of sp³-hybridized carbons (Fsp3) is 0.462. The Bertz CT molecular complexity index is 433. The van der Waals surface area contributed by atoms with Crippen molar-refractivity contribution in [3.05, 3.63) is 29.0 Å². The first-order valence-corrected chi connectivity index (χ1v) is 6.48. The largest absolute Gasteiger partial charge is 0.326 e. The maximum absolute atomic E-state index is 13.2. The Morgan fingerprint density at radius 1 is 1.56 bits per heavy atom. The predicted octanol–water partition coefficient (Wildman–Crippen LogP) is 2.81. The molecule has 0 bridgehead atoms. The number of amides is 1. The molecule has 1 aromatic rings. The molecule has 1 fully saturated rings. The fourth-order valence-electron chi connectivity index (χ4n) is 2.09. The van der Waals surface area contributed by atoms with Gasteiger partial charge in [-0.1, -0.05) is 11.6 Å². The van der Waals surface area contributed by atoms with Crippen LogP contribution in [0.2, 0.25) is 5.02 Å². The molecule has 0 aromatic heterocycles. The van der Waals surface area contributed by atoms with Crippen LogP contribution in [-0.2, 0) is 4.79 Å². The molecule has 1 amide bonds. The van der Waals surface area contributed by atoms with Gasteiger partial charge in [-0.2, -0.15) is 0 Å². The Morgan fingerprint density at radius 3 is 3.06 bits per heavy atom. The van der Waals surface area contributed by atoms with E-state index in [9.17, 15) is 9.18 Å². The average molecular weight is 271 g/mol. The molecular formula is C13H16ClFN2O. The van der Waals surface area contributed by atoms with E-state index in [4.69, 9.17) is 11.6 Å². The number of hydrogen-bond donors (Lipinski definition) is 2. The molecule has 1 saturated heterocycles. The molecule has 1 aliphatic heterocycles. The second-order valence-electron chi connectivity index (χ2n) is 4.57. The summed E-state index contributed by atoms with van der Waals surface area (Å²) in [5, 5.41) is 6.00. The zero-order valence-electron chi connectivity index (χ0n) is 10.0. The van der Waals surface area contributed by atoms with Crippen LogP contribution in [0.3, 0.4) is 0 Å². The minimum absolute atomic E-state index is 0.0602. The van der Waals surface area contributed by atoms with Crippen molar-refractivity contribution in [3.63, 3.8) is 0 Å². The number of carbonyl (C=O) groups excluding carboxylic acids is 1. The first kappa shape index (κ1) is 13.3. The highest BCUT2D eigenvalue weighted by Crippen LogP contribution is 2.19. The van der Waals surface area contributed by atoms with Gasteiger partial charge in [0.2, 0.25) is 5.91 Å². The van der Waals surface area contributed by atoms with Crippen LogP contribution in [0.1, 0.15) is 19.3 Å². The van der Waals surface area contributed by atoms with Crippen molar-refractivity contribution in [2.45, 2.75) is 19.3 Å². The van der Waals surface area contributed by atoms with Crippen LogP contribution in [-0.4, -0.2) is 19.0 Å². The SMILES string of the molecule is O=C(CCC1CCNC1)Nc1ccc(Cl)c(F)c1. The number of halogens is 2. The number of rotatable bonds is 4. The van der Waals surface area contributed by atoms with Crippen molar-refractivity contribution >= 4 is 23.2 Å². The second-order valence-corrected chi connectivity index (χ2v) is 4.98. The normalized spacial score (nSPS) is 18.9. The zero-order chi connectivity index (χ0) is 13.0. The lowest BCUT2D eigenvalue weighted by atomic mass is 10.0. The van der Waals surface area contributed by atoms with E-state index in [2.05, 4.69) is 10.6 Å². The number of benzene rings is 1. The van der Waals surface area contributed by atoms with Gasteiger partial charge in [0, 0.05) is 12.1 Å². The molecule has 5 heteroatoms. The lowest BCUT2D eigenvalue weighted by Gasteiger charge is -2.09. The molecule has 0 saturated carbocycles. The van der Waals surface area contributed by atoms with E-state index in [1.165, 1.54) is 12.1 Å². The Morgan fingerprint density at radius 2 is 2.39 bits per heavy atom. The lowest BCUT2D eigenvalue weighted by Crippen LogP contribution is -2.15. The summed E-state index contributed by atoms with van der Waals surface area (Å²) in [5.74, 6) is -0.0178. The Labute approximate surface area is 111 Å². The molecule has 98 valence electrons. The van der Waals surface area contributed by atoms with E-state index in [0.717, 1.165) is 25.9 Å². The van der Waals surface area contributed by atoms with Crippen LogP contribution in [0.4, 0.5) is 10.1 Å². The average Bonchev–Trinajstić information content (AvgIpc) is 2.84. The van der Waals surface area contributed by atoms with Crippen LogP contribution in [0.15, 0.2) is 18.2 Å². The van der Waals surface area contributed by atoms with Gasteiger partial charge in [-0.25, -0.2) is 4.39 Å². The van der Waals surface area contributed by atoms with Gasteiger partial charge in [-0.15, -0.1) is 0 Å². The third kappa shape index (κ3) is 3.68. The van der Waals surface area contributed by atoms with E-state index in [0.29, 0.717) is 18.0 Å². The van der Waals surface area contributed by atoms with Crippen molar-refractivity contribution in [1.82, 2.24) is 5.32 Å². The molecular weight excluding hydrogens is 255 g/mol. The molecule has 18 heavy (non-hydrogen) atoms. The summed E-state index contributed by atoms with van der Waals surface area (Å²) in [6.07, 6.45) is 2.47. The highest BCUT2D eigenvalue weighted by molar-refractivity contribution is 6.30. The first-order valence-electron chi connectivity index (χ1n) is 6.11. The van der Waals surface area contributed by atoms with Gasteiger partial charge in [0.25, 0.3) is 0 Å². The van der Waals surface area contributed by atoms with Crippen molar-refractivity contribution in [2.24, 2.45) is 5.92 Å². The summed E-state index contributed by atoms with van der Waals surface area (Å²) >= 11 is 5.57. The summed E-state index contributed by atoms with van der Waals surface area (Å²) in [6.45, 7) is 2.03. The summed E-state index contributed by atoms with van der Waals surface area (Å²) < 4.78 is 13.2. The summed E-state index contributed by atoms with van der Waals surface area (Å²) in [5.41, 5.74) is 0.450. The van der Waals surface area contributed by atoms with E-state index in [-0.39, 0.29) is 10.9 Å². The first-order chi connectivity index (χ1) is 8.65. The molecule has 1 aromatic carbocycles. The number of nitrogens with one attached hydrogen (secondary N) is 2. The van der Waals surface area contributed by atoms with Gasteiger partial charge >= 0.3 is 0 Å². The number of carbonyl (C=O) groups is 1. The molecule has 1 atom stereocenters. The minimum Gasteiger partial charge on any atom is -0.326 e. The van der Waals surface area contributed by atoms with Gasteiger partial charge < -0.3 is 10.6 Å². The molecule has 0 spiro atoms. The van der Waals surface area contributed by atoms with Crippen LogP contribution in [0.5, 0.6) is 0 Å². The van der Waals surface area contributed by atoms with E-state index in [1.54, 1.807) is 6.07 Å². The topological polar surface area (TPSA) is 41.1 Å². The molecule has 3 nitrogen and oxygen atoms in total. The maximum atomic E-state index is 13.2. The second kappa shape index (κ2) is 6.16. The summed E-state index contributed by atoms with van der Waals surface area (Å²) in [7, 11) is 0. The standard InChI is InChI=1S/C13H16ClFN2O/c14-11-3-2-10(7-12(11)15)17-13(18)4-1-9-5-6-16-8-9/h2-3,7,9,16H,1,4-6,8H2,(H,17,18). The summed E-state index contributed by atoms with van der Waals surface area (Å²) in [4.78, 5) is 11.7. The van der Waals surface area contributed by atoms with E-state index < -0.39 is 5.82 Å². The Hall–Kier alpha value is -1.13. The Kier molecular flexibility index (Phi) is 4.55. The van der Waals surface area contributed by atoms with E-state index >= 15 is 0 Å². The van der Waals surface area contributed by atoms with Crippen molar-refractivity contribution in [3.8, 4) is 0 Å². The van der Waals surface area contributed by atoms with Crippen LogP contribution in [0.25, 0.3) is 0 Å². The minimum atomic E-state index is -0.519. The van der Waals surface area contributed by atoms with Gasteiger partial charge in [-0.3, -0.25) is 4.79 Å². The molecule has 2 N–H and O–H groups in total. The highest BCUT2D eigenvalue weighted by Gasteiger charge is 2.15. The van der Waals surface area contributed by atoms with Crippen LogP contribution < -0.4 is 10.6 Å². The maximum Gasteiger partial charge on any atom is 0.224 e. The predicted molar refractivity (Wildman–Crippen MR) is 70.3 cm³/mol. The third-order valence-electron chi connectivity index (χ3n) is 3.15. The van der Waals surface area contributed by atoms with E-state index in [1.807, 2.05) is 0 Å². The zero-order valence-corrected chi connectivity index (χ0v) is 10.8. The fourth-order valence-corrected chi connectivity index (χ4v) is 2.21. The molecule has 0 radical (unpaired) electrons. The number of hydrogen-bond acceptors (Lipinski definition) is 2. The lowest BCUT2D eigenvalue weighted by molar-refractivity contribution is -0.116. The van der Waals surface area contributed by atoms with Crippen LogP contribution in [0, 0.1) is 11.7 Å². The van der Waals surface area contributed by atoms with Gasteiger partial charge in [-0.05, 0) is 50.0 Å². The quantitative estimate of drug-likeness (QED) is 0.883. The highest BCUT2D eigenvalue weighted by atomic mass is 35.5. The molecule has 2 rings (SSSR count).